The molecule has 0 saturated carbocycles. The zero-order valence-corrected chi connectivity index (χ0v) is 27.4. The highest BCUT2D eigenvalue weighted by molar-refractivity contribution is 5.92. The summed E-state index contributed by atoms with van der Waals surface area (Å²) < 4.78 is 0. The lowest BCUT2D eigenvalue weighted by Gasteiger charge is -2.25. The van der Waals surface area contributed by atoms with Crippen LogP contribution in [0.15, 0.2) is 60.7 Å². The van der Waals surface area contributed by atoms with Crippen molar-refractivity contribution in [2.24, 2.45) is 5.41 Å². The van der Waals surface area contributed by atoms with Gasteiger partial charge in [0.25, 0.3) is 0 Å². The van der Waals surface area contributed by atoms with Gasteiger partial charge in [0, 0.05) is 50.3 Å². The van der Waals surface area contributed by atoms with Gasteiger partial charge in [-0.15, -0.1) is 0 Å². The Morgan fingerprint density at radius 3 is 1.70 bits per heavy atom. The van der Waals surface area contributed by atoms with Crippen molar-refractivity contribution in [1.29, 1.82) is 0 Å². The van der Waals surface area contributed by atoms with Gasteiger partial charge >= 0.3 is 24.1 Å². The van der Waals surface area contributed by atoms with Gasteiger partial charge in [0.15, 0.2) is 0 Å². The van der Waals surface area contributed by atoms with E-state index < -0.39 is 5.41 Å². The molecule has 0 aromatic heterocycles. The monoisotopic (exact) mass is 643 g/mol. The number of urea groups is 4. The molecule has 13 nitrogen and oxygen atoms in total. The number of rotatable bonds is 13. The van der Waals surface area contributed by atoms with Gasteiger partial charge in [-0.05, 0) is 96.1 Å². The summed E-state index contributed by atoms with van der Waals surface area (Å²) in [5.74, 6) is 0. The molecule has 0 radical (unpaired) electrons. The van der Waals surface area contributed by atoms with E-state index in [0.29, 0.717) is 44.0 Å². The maximum Gasteiger partial charge on any atom is 0.319 e. The Balaban J connectivity index is 1.16. The highest BCUT2D eigenvalue weighted by Gasteiger charge is 2.22. The Morgan fingerprint density at radius 1 is 0.617 bits per heavy atom. The molecule has 8 amide bonds. The third-order valence-electron chi connectivity index (χ3n) is 7.63. The van der Waals surface area contributed by atoms with Crippen LogP contribution in [0.2, 0.25) is 0 Å². The average Bonchev–Trinajstić information content (AvgIpc) is 3.41. The number of nitrogens with one attached hydrogen (secondary N) is 9. The van der Waals surface area contributed by atoms with Crippen molar-refractivity contribution in [3.63, 3.8) is 0 Å². The second-order valence-electron chi connectivity index (χ2n) is 12.2. The first-order chi connectivity index (χ1) is 22.5. The van der Waals surface area contributed by atoms with Crippen LogP contribution in [-0.2, 0) is 13.0 Å². The summed E-state index contributed by atoms with van der Waals surface area (Å²) in [5, 5.41) is 25.5. The maximum absolute atomic E-state index is 12.7. The van der Waals surface area contributed by atoms with Crippen LogP contribution in [0.1, 0.15) is 37.0 Å². The number of fused-ring (bicyclic) bond motifs is 3. The predicted molar refractivity (Wildman–Crippen MR) is 186 cm³/mol. The number of hydrogen-bond donors (Lipinski definition) is 9. The number of anilines is 3. The SMILES string of the molecule is CNCCCNC(=O)NCc1ccc(NC(=O)NCC(C)(C)CNC(=O)Nc2ccc3c(c2)Cc2cc(NC(=O)NC)ccc2-3)cc1. The summed E-state index contributed by atoms with van der Waals surface area (Å²) in [6.45, 7) is 6.38. The minimum absolute atomic E-state index is 0.222. The molecule has 0 spiro atoms. The third-order valence-corrected chi connectivity index (χ3v) is 7.63. The zero-order valence-electron chi connectivity index (χ0n) is 27.4. The first-order valence-electron chi connectivity index (χ1n) is 15.6. The summed E-state index contributed by atoms with van der Waals surface area (Å²) in [6.07, 6.45) is 1.55. The van der Waals surface area contributed by atoms with E-state index >= 15 is 0 Å². The summed E-state index contributed by atoms with van der Waals surface area (Å²) in [7, 11) is 3.44. The summed E-state index contributed by atoms with van der Waals surface area (Å²) in [4.78, 5) is 48.8. The largest absolute Gasteiger partial charge is 0.341 e. The maximum atomic E-state index is 12.7. The Bertz CT molecular complexity index is 1570. The first-order valence-corrected chi connectivity index (χ1v) is 15.6. The van der Waals surface area contributed by atoms with Crippen LogP contribution in [-0.4, -0.2) is 64.4 Å². The van der Waals surface area contributed by atoms with Gasteiger partial charge in [0.05, 0.1) is 0 Å². The topological polar surface area (TPSA) is 177 Å². The van der Waals surface area contributed by atoms with Crippen LogP contribution >= 0.6 is 0 Å². The molecule has 250 valence electrons. The second-order valence-corrected chi connectivity index (χ2v) is 12.2. The molecule has 1 aliphatic carbocycles. The third kappa shape index (κ3) is 10.6. The van der Waals surface area contributed by atoms with Gasteiger partial charge in [0.2, 0.25) is 0 Å². The number of carbonyl (C=O) groups excluding carboxylic acids is 4. The lowest BCUT2D eigenvalue weighted by atomic mass is 9.93. The molecule has 0 bridgehead atoms. The standard InChI is InChI=1S/C34H45N9O4/c1-34(2,20-39-32(46)41-25-8-6-22(7-9-25)19-38-31(45)37-15-5-14-35-3)21-40-33(47)43-27-11-13-29-24(18-27)16-23-17-26(10-12-28(23)29)42-30(44)36-4/h6-13,17-18,35H,5,14-16,19-21H2,1-4H3,(H2,36,42,44)(H2,37,38,45)(H2,39,41,46)(H2,40,43,47). The van der Waals surface area contributed by atoms with Crippen LogP contribution in [0, 0.1) is 5.41 Å². The molecule has 3 aromatic carbocycles. The summed E-state index contributed by atoms with van der Waals surface area (Å²) in [5.41, 5.74) is 6.92. The summed E-state index contributed by atoms with van der Waals surface area (Å²) >= 11 is 0. The van der Waals surface area contributed by atoms with E-state index in [-0.39, 0.29) is 24.1 Å². The molecule has 0 fully saturated rings. The lowest BCUT2D eigenvalue weighted by Crippen LogP contribution is -2.44. The number of carbonyl (C=O) groups is 4. The Hall–Kier alpha value is -5.30. The molecule has 9 N–H and O–H groups in total. The van der Waals surface area contributed by atoms with Crippen molar-refractivity contribution in [3.05, 3.63) is 77.4 Å². The quantitative estimate of drug-likeness (QED) is 0.0981. The molecule has 0 saturated heterocycles. The van der Waals surface area contributed by atoms with Crippen molar-refractivity contribution in [2.75, 3.05) is 56.2 Å². The van der Waals surface area contributed by atoms with Crippen molar-refractivity contribution in [3.8, 4) is 11.1 Å². The fraction of sp³-hybridized carbons (Fsp3) is 0.353. The van der Waals surface area contributed by atoms with E-state index in [1.54, 1.807) is 19.2 Å². The molecular weight excluding hydrogens is 598 g/mol. The average molecular weight is 644 g/mol. The molecule has 13 heteroatoms. The minimum atomic E-state index is -0.419. The molecular formula is C34H45N9O4. The second kappa shape index (κ2) is 16.3. The van der Waals surface area contributed by atoms with Gasteiger partial charge in [-0.3, -0.25) is 0 Å². The van der Waals surface area contributed by atoms with Gasteiger partial charge in [-0.2, -0.15) is 0 Å². The molecule has 0 aliphatic heterocycles. The molecule has 0 unspecified atom stereocenters. The fourth-order valence-electron chi connectivity index (χ4n) is 5.03. The minimum Gasteiger partial charge on any atom is -0.341 e. The Labute approximate surface area is 275 Å². The van der Waals surface area contributed by atoms with Crippen LogP contribution in [0.5, 0.6) is 0 Å². The van der Waals surface area contributed by atoms with E-state index in [0.717, 1.165) is 46.5 Å². The first kappa shape index (κ1) is 34.6. The van der Waals surface area contributed by atoms with Crippen LogP contribution in [0.25, 0.3) is 11.1 Å². The normalized spacial score (nSPS) is 11.4. The van der Waals surface area contributed by atoms with Gasteiger partial charge < -0.3 is 47.9 Å². The summed E-state index contributed by atoms with van der Waals surface area (Å²) in [6, 6.07) is 17.7. The molecule has 0 atom stereocenters. The van der Waals surface area contributed by atoms with Gasteiger partial charge in [-0.25, -0.2) is 19.2 Å². The van der Waals surface area contributed by atoms with Gasteiger partial charge in [0.1, 0.15) is 0 Å². The van der Waals surface area contributed by atoms with Crippen LogP contribution in [0.3, 0.4) is 0 Å². The highest BCUT2D eigenvalue weighted by atomic mass is 16.2. The Morgan fingerprint density at radius 2 is 1.15 bits per heavy atom. The Kier molecular flexibility index (Phi) is 12.0. The number of benzene rings is 3. The van der Waals surface area contributed by atoms with E-state index in [1.807, 2.05) is 69.4 Å². The smallest absolute Gasteiger partial charge is 0.319 e. The number of amides is 8. The van der Waals surface area contributed by atoms with Crippen LogP contribution < -0.4 is 47.9 Å². The van der Waals surface area contributed by atoms with E-state index in [4.69, 9.17) is 0 Å². The predicted octanol–water partition coefficient (Wildman–Crippen LogP) is 4.39. The lowest BCUT2D eigenvalue weighted by molar-refractivity contribution is 0.238. The fourth-order valence-corrected chi connectivity index (χ4v) is 5.03. The molecule has 1 aliphatic rings. The van der Waals surface area contributed by atoms with Crippen molar-refractivity contribution in [1.82, 2.24) is 31.9 Å². The van der Waals surface area contributed by atoms with Gasteiger partial charge in [-0.1, -0.05) is 38.1 Å². The molecule has 47 heavy (non-hydrogen) atoms. The van der Waals surface area contributed by atoms with E-state index in [2.05, 4.69) is 47.9 Å². The van der Waals surface area contributed by atoms with Crippen molar-refractivity contribution in [2.45, 2.75) is 33.2 Å². The van der Waals surface area contributed by atoms with Crippen LogP contribution in [0.4, 0.5) is 36.2 Å². The molecule has 0 heterocycles. The number of hydrogen-bond acceptors (Lipinski definition) is 5. The van der Waals surface area contributed by atoms with Crippen molar-refractivity contribution < 1.29 is 19.2 Å². The molecule has 3 aromatic rings. The van der Waals surface area contributed by atoms with Crippen molar-refractivity contribution >= 4 is 41.2 Å². The van der Waals surface area contributed by atoms with E-state index in [9.17, 15) is 19.2 Å². The highest BCUT2D eigenvalue weighted by Crippen LogP contribution is 2.39. The zero-order chi connectivity index (χ0) is 33.8. The molecule has 4 rings (SSSR count). The van der Waals surface area contributed by atoms with E-state index in [1.165, 1.54) is 0 Å².